The Bertz CT molecular complexity index is 478. The number of aromatic amines is 1. The third-order valence-corrected chi connectivity index (χ3v) is 1.95. The number of rotatable bonds is 5. The van der Waals surface area contributed by atoms with Crippen LogP contribution < -0.4 is 10.1 Å². The summed E-state index contributed by atoms with van der Waals surface area (Å²) in [7, 11) is 1.44. The van der Waals surface area contributed by atoms with Crippen molar-refractivity contribution in [2.45, 2.75) is 13.0 Å². The molecule has 2 rings (SSSR count). The summed E-state index contributed by atoms with van der Waals surface area (Å²) in [6, 6.07) is 0.177. The van der Waals surface area contributed by atoms with E-state index in [1.54, 1.807) is 17.1 Å². The Hall–Kier alpha value is -2.45. The standard InChI is InChI=1S/C8H11N7O2/c1-17-8-11-7(12-13-8)10-6(16)2-4-15-5-3-9-14-15/h3,5H,2,4H2,1H3,(H2,10,11,12,13,16). The quantitative estimate of drug-likeness (QED) is 0.720. The third-order valence-electron chi connectivity index (χ3n) is 1.95. The largest absolute Gasteiger partial charge is 0.466 e. The van der Waals surface area contributed by atoms with Crippen LogP contribution in [0.4, 0.5) is 5.95 Å². The molecule has 0 aliphatic heterocycles. The number of hydrogen-bond donors (Lipinski definition) is 2. The number of carbonyl (C=O) groups excluding carboxylic acids is 1. The molecule has 0 fully saturated rings. The number of carbonyl (C=O) groups is 1. The highest BCUT2D eigenvalue weighted by Gasteiger charge is 2.07. The van der Waals surface area contributed by atoms with Gasteiger partial charge < -0.3 is 4.74 Å². The minimum absolute atomic E-state index is 0.177. The summed E-state index contributed by atoms with van der Waals surface area (Å²) in [6.45, 7) is 0.455. The molecule has 0 radical (unpaired) electrons. The number of anilines is 1. The first kappa shape index (κ1) is 11.0. The molecule has 0 bridgehead atoms. The summed E-state index contributed by atoms with van der Waals surface area (Å²) >= 11 is 0. The Balaban J connectivity index is 1.81. The van der Waals surface area contributed by atoms with Crippen LogP contribution in [0.1, 0.15) is 6.42 Å². The van der Waals surface area contributed by atoms with E-state index in [-0.39, 0.29) is 24.3 Å². The van der Waals surface area contributed by atoms with Gasteiger partial charge in [-0.3, -0.25) is 14.8 Å². The molecular weight excluding hydrogens is 226 g/mol. The molecule has 9 heteroatoms. The van der Waals surface area contributed by atoms with Crippen LogP contribution >= 0.6 is 0 Å². The van der Waals surface area contributed by atoms with Crippen molar-refractivity contribution in [2.75, 3.05) is 12.4 Å². The average molecular weight is 237 g/mol. The Morgan fingerprint density at radius 3 is 3.18 bits per heavy atom. The van der Waals surface area contributed by atoms with Crippen molar-refractivity contribution in [1.29, 1.82) is 0 Å². The maximum atomic E-state index is 11.5. The summed E-state index contributed by atoms with van der Waals surface area (Å²) in [5, 5.41) is 16.2. The van der Waals surface area contributed by atoms with Crippen LogP contribution in [0.5, 0.6) is 6.01 Å². The van der Waals surface area contributed by atoms with Crippen LogP contribution in [0.2, 0.25) is 0 Å². The van der Waals surface area contributed by atoms with Crippen molar-refractivity contribution in [3.8, 4) is 6.01 Å². The van der Waals surface area contributed by atoms with Crippen LogP contribution in [0.25, 0.3) is 0 Å². The zero-order valence-corrected chi connectivity index (χ0v) is 9.12. The zero-order valence-electron chi connectivity index (χ0n) is 9.12. The number of nitrogens with zero attached hydrogens (tertiary/aromatic N) is 5. The second-order valence-electron chi connectivity index (χ2n) is 3.14. The first-order chi connectivity index (χ1) is 8.28. The lowest BCUT2D eigenvalue weighted by Gasteiger charge is -2.00. The van der Waals surface area contributed by atoms with E-state index >= 15 is 0 Å². The minimum Gasteiger partial charge on any atom is -0.466 e. The van der Waals surface area contributed by atoms with Gasteiger partial charge in [0.1, 0.15) is 0 Å². The number of hydrogen-bond acceptors (Lipinski definition) is 6. The van der Waals surface area contributed by atoms with Gasteiger partial charge in [-0.15, -0.1) is 10.2 Å². The molecule has 1 amide bonds. The van der Waals surface area contributed by atoms with E-state index in [1.165, 1.54) is 7.11 Å². The maximum Gasteiger partial charge on any atom is 0.336 e. The number of aromatic nitrogens is 6. The van der Waals surface area contributed by atoms with E-state index in [4.69, 9.17) is 4.74 Å². The molecule has 17 heavy (non-hydrogen) atoms. The Labute approximate surface area is 96.2 Å². The first-order valence-electron chi connectivity index (χ1n) is 4.88. The topological polar surface area (TPSA) is 111 Å². The summed E-state index contributed by atoms with van der Waals surface area (Å²) in [5.74, 6) is 0.0599. The summed E-state index contributed by atoms with van der Waals surface area (Å²) in [4.78, 5) is 15.4. The Morgan fingerprint density at radius 1 is 1.65 bits per heavy atom. The predicted octanol–water partition coefficient (Wildman–Crippen LogP) is -0.566. The molecule has 0 saturated carbocycles. The minimum atomic E-state index is -0.195. The molecule has 0 atom stereocenters. The number of aryl methyl sites for hydroxylation is 1. The lowest BCUT2D eigenvalue weighted by molar-refractivity contribution is -0.116. The fraction of sp³-hybridized carbons (Fsp3) is 0.375. The highest BCUT2D eigenvalue weighted by atomic mass is 16.5. The first-order valence-corrected chi connectivity index (χ1v) is 4.88. The van der Waals surface area contributed by atoms with Gasteiger partial charge in [-0.2, -0.15) is 4.98 Å². The fourth-order valence-electron chi connectivity index (χ4n) is 1.16. The number of ether oxygens (including phenoxy) is 1. The van der Waals surface area contributed by atoms with Crippen LogP contribution in [-0.4, -0.2) is 43.2 Å². The zero-order chi connectivity index (χ0) is 12.1. The van der Waals surface area contributed by atoms with Crippen LogP contribution in [0.3, 0.4) is 0 Å². The molecule has 2 aromatic rings. The van der Waals surface area contributed by atoms with Gasteiger partial charge >= 0.3 is 6.01 Å². The molecule has 0 aliphatic rings. The number of nitrogens with one attached hydrogen (secondary N) is 2. The van der Waals surface area contributed by atoms with Crippen molar-refractivity contribution in [1.82, 2.24) is 30.2 Å². The molecular formula is C8H11N7O2. The van der Waals surface area contributed by atoms with E-state index in [0.29, 0.717) is 6.54 Å². The SMILES string of the molecule is COc1n[nH]c(NC(=O)CCn2ccnn2)n1. The second-order valence-corrected chi connectivity index (χ2v) is 3.14. The smallest absolute Gasteiger partial charge is 0.336 e. The van der Waals surface area contributed by atoms with Gasteiger partial charge in [-0.1, -0.05) is 5.21 Å². The van der Waals surface area contributed by atoms with Crippen molar-refractivity contribution >= 4 is 11.9 Å². The molecule has 0 saturated heterocycles. The molecule has 0 spiro atoms. The fourth-order valence-corrected chi connectivity index (χ4v) is 1.16. The summed E-state index contributed by atoms with van der Waals surface area (Å²) in [6.07, 6.45) is 3.51. The second kappa shape index (κ2) is 5.05. The lowest BCUT2D eigenvalue weighted by atomic mass is 10.4. The molecule has 0 unspecified atom stereocenters. The van der Waals surface area contributed by atoms with Gasteiger partial charge in [0.15, 0.2) is 0 Å². The molecule has 0 aromatic carbocycles. The van der Waals surface area contributed by atoms with E-state index in [0.717, 1.165) is 0 Å². The monoisotopic (exact) mass is 237 g/mol. The number of amides is 1. The maximum absolute atomic E-state index is 11.5. The van der Waals surface area contributed by atoms with Crippen LogP contribution in [0, 0.1) is 0 Å². The third kappa shape index (κ3) is 3.00. The molecule has 9 nitrogen and oxygen atoms in total. The van der Waals surface area contributed by atoms with E-state index < -0.39 is 0 Å². The summed E-state index contributed by atoms with van der Waals surface area (Å²) < 4.78 is 6.34. The van der Waals surface area contributed by atoms with Crippen molar-refractivity contribution in [2.24, 2.45) is 0 Å². The molecule has 2 heterocycles. The highest BCUT2D eigenvalue weighted by Crippen LogP contribution is 2.04. The number of methoxy groups -OCH3 is 1. The normalized spacial score (nSPS) is 10.2. The highest BCUT2D eigenvalue weighted by molar-refractivity contribution is 5.88. The molecule has 90 valence electrons. The molecule has 2 N–H and O–H groups in total. The Kier molecular flexibility index (Phi) is 3.28. The summed E-state index contributed by atoms with van der Waals surface area (Å²) in [5.41, 5.74) is 0. The van der Waals surface area contributed by atoms with Gasteiger partial charge in [-0.25, -0.2) is 5.10 Å². The molecule has 0 aliphatic carbocycles. The van der Waals surface area contributed by atoms with E-state index in [9.17, 15) is 4.79 Å². The van der Waals surface area contributed by atoms with Crippen molar-refractivity contribution < 1.29 is 9.53 Å². The van der Waals surface area contributed by atoms with Gasteiger partial charge in [0, 0.05) is 12.6 Å². The lowest BCUT2D eigenvalue weighted by Crippen LogP contribution is -2.15. The van der Waals surface area contributed by atoms with Crippen molar-refractivity contribution in [3.63, 3.8) is 0 Å². The van der Waals surface area contributed by atoms with E-state index in [2.05, 4.69) is 30.8 Å². The van der Waals surface area contributed by atoms with Gasteiger partial charge in [0.05, 0.1) is 19.9 Å². The average Bonchev–Trinajstić information content (AvgIpc) is 2.97. The predicted molar refractivity (Wildman–Crippen MR) is 56.2 cm³/mol. The van der Waals surface area contributed by atoms with Gasteiger partial charge in [-0.05, 0) is 0 Å². The molecule has 2 aromatic heterocycles. The van der Waals surface area contributed by atoms with Crippen molar-refractivity contribution in [3.05, 3.63) is 12.4 Å². The van der Waals surface area contributed by atoms with E-state index in [1.807, 2.05) is 0 Å². The van der Waals surface area contributed by atoms with Gasteiger partial charge in [0.2, 0.25) is 11.9 Å². The van der Waals surface area contributed by atoms with Gasteiger partial charge in [0.25, 0.3) is 0 Å². The number of H-pyrrole nitrogens is 1. The van der Waals surface area contributed by atoms with Crippen LogP contribution in [0.15, 0.2) is 12.4 Å². The van der Waals surface area contributed by atoms with Crippen LogP contribution in [-0.2, 0) is 11.3 Å². The Morgan fingerprint density at radius 2 is 2.53 bits per heavy atom.